The second-order valence-corrected chi connectivity index (χ2v) is 7.03. The average molecular weight is 232 g/mol. The molecule has 4 saturated carbocycles. The Bertz CT molecular complexity index is 283. The molecule has 0 heterocycles. The van der Waals surface area contributed by atoms with Gasteiger partial charge in [-0.1, -0.05) is 13.8 Å². The monoisotopic (exact) mass is 232 g/mol. The van der Waals surface area contributed by atoms with E-state index in [1.54, 1.807) is 0 Å². The highest BCUT2D eigenvalue weighted by molar-refractivity contribution is 5.20. The Kier molecular flexibility index (Phi) is 1.78. The van der Waals surface area contributed by atoms with Crippen LogP contribution in [0.3, 0.4) is 0 Å². The van der Waals surface area contributed by atoms with E-state index in [0.29, 0.717) is 19.3 Å². The molecule has 0 saturated heterocycles. The van der Waals surface area contributed by atoms with Gasteiger partial charge in [0.05, 0.1) is 0 Å². The van der Waals surface area contributed by atoms with Crippen molar-refractivity contribution >= 4 is 0 Å². The van der Waals surface area contributed by atoms with Gasteiger partial charge < -0.3 is 0 Å². The maximum absolute atomic E-state index is 14.5. The lowest BCUT2D eigenvalue weighted by molar-refractivity contribution is -0.227. The number of rotatable bonds is 1. The molecule has 4 aliphatic rings. The molecule has 0 aromatic heterocycles. The van der Waals surface area contributed by atoms with Crippen molar-refractivity contribution in [2.45, 2.75) is 69.4 Å². The Balaban J connectivity index is 2.07. The summed E-state index contributed by atoms with van der Waals surface area (Å²) in [4.78, 5) is 0. The lowest BCUT2D eigenvalue weighted by atomic mass is 9.44. The third kappa shape index (κ3) is 1.29. The van der Waals surface area contributed by atoms with Crippen LogP contribution in [0.25, 0.3) is 0 Å². The third-order valence-corrected chi connectivity index (χ3v) is 5.13. The van der Waals surface area contributed by atoms with E-state index in [0.717, 1.165) is 0 Å². The average Bonchev–Trinajstić information content (AvgIpc) is 1.92. The summed E-state index contributed by atoms with van der Waals surface area (Å²) < 4.78 is 43.5. The van der Waals surface area contributed by atoms with Crippen molar-refractivity contribution in [1.82, 2.24) is 0 Å². The van der Waals surface area contributed by atoms with Crippen LogP contribution in [0.4, 0.5) is 13.2 Å². The van der Waals surface area contributed by atoms with Gasteiger partial charge >= 0.3 is 0 Å². The first-order chi connectivity index (χ1) is 7.19. The Labute approximate surface area is 94.6 Å². The van der Waals surface area contributed by atoms with E-state index in [1.807, 2.05) is 13.8 Å². The molecule has 0 unspecified atom stereocenters. The van der Waals surface area contributed by atoms with Gasteiger partial charge in [0.25, 0.3) is 0 Å². The number of alkyl halides is 3. The maximum atomic E-state index is 14.5. The highest BCUT2D eigenvalue weighted by Gasteiger charge is 2.70. The van der Waals surface area contributed by atoms with Crippen molar-refractivity contribution in [1.29, 1.82) is 0 Å². The molecule has 0 nitrogen and oxygen atoms in total. The number of hydrogen-bond donors (Lipinski definition) is 0. The van der Waals surface area contributed by atoms with Crippen LogP contribution in [0.2, 0.25) is 0 Å². The third-order valence-electron chi connectivity index (χ3n) is 5.13. The van der Waals surface area contributed by atoms with Gasteiger partial charge in [-0.2, -0.15) is 0 Å². The summed E-state index contributed by atoms with van der Waals surface area (Å²) in [6, 6.07) is 0. The summed E-state index contributed by atoms with van der Waals surface area (Å²) in [5, 5.41) is 0. The van der Waals surface area contributed by atoms with Crippen molar-refractivity contribution in [3.8, 4) is 0 Å². The van der Waals surface area contributed by atoms with E-state index in [2.05, 4.69) is 0 Å². The predicted octanol–water partition coefficient (Wildman–Crippen LogP) is 4.14. The van der Waals surface area contributed by atoms with E-state index >= 15 is 0 Å². The zero-order valence-electron chi connectivity index (χ0n) is 9.95. The van der Waals surface area contributed by atoms with E-state index in [1.165, 1.54) is 0 Å². The van der Waals surface area contributed by atoms with Crippen LogP contribution in [-0.4, -0.2) is 17.0 Å². The number of halogens is 3. The van der Waals surface area contributed by atoms with Crippen LogP contribution in [-0.2, 0) is 0 Å². The lowest BCUT2D eigenvalue weighted by Gasteiger charge is -2.64. The molecule has 0 aliphatic heterocycles. The maximum Gasteiger partial charge on any atom is 0.117 e. The molecule has 0 atom stereocenters. The minimum absolute atomic E-state index is 0.0693. The molecule has 0 radical (unpaired) electrons. The molecule has 4 fully saturated rings. The van der Waals surface area contributed by atoms with Crippen molar-refractivity contribution < 1.29 is 13.2 Å². The zero-order chi connectivity index (χ0) is 11.8. The molecular formula is C13H19F3. The molecule has 0 spiro atoms. The number of hydrogen-bond acceptors (Lipinski definition) is 0. The minimum atomic E-state index is -1.58. The summed E-state index contributed by atoms with van der Waals surface area (Å²) >= 11 is 0. The smallest absolute Gasteiger partial charge is 0.117 e. The summed E-state index contributed by atoms with van der Waals surface area (Å²) in [5.74, 6) is 0.161. The van der Waals surface area contributed by atoms with Gasteiger partial charge in [0.15, 0.2) is 0 Å². The van der Waals surface area contributed by atoms with Gasteiger partial charge in [-0.05, 0) is 30.6 Å². The fourth-order valence-electron chi connectivity index (χ4n) is 4.96. The largest absolute Gasteiger partial charge is 0.244 e. The molecule has 0 N–H and O–H groups in total. The minimum Gasteiger partial charge on any atom is -0.244 e. The molecule has 4 bridgehead atoms. The Hall–Kier alpha value is -0.210. The summed E-state index contributed by atoms with van der Waals surface area (Å²) in [5.41, 5.74) is -5.18. The van der Waals surface area contributed by atoms with Crippen LogP contribution < -0.4 is 0 Å². The SMILES string of the molecule is CC(C)C12CC3(F)CC(F)(CC(F)(C3)C1)C2. The molecular weight excluding hydrogens is 213 g/mol. The molecule has 0 aromatic carbocycles. The van der Waals surface area contributed by atoms with E-state index in [9.17, 15) is 13.2 Å². The van der Waals surface area contributed by atoms with Crippen LogP contribution in [0, 0.1) is 11.3 Å². The molecule has 4 rings (SSSR count). The second-order valence-electron chi connectivity index (χ2n) is 7.03. The van der Waals surface area contributed by atoms with E-state index < -0.39 is 22.4 Å². The van der Waals surface area contributed by atoms with E-state index in [-0.39, 0.29) is 25.2 Å². The molecule has 3 heteroatoms. The second kappa shape index (κ2) is 2.62. The van der Waals surface area contributed by atoms with Crippen molar-refractivity contribution in [2.24, 2.45) is 11.3 Å². The van der Waals surface area contributed by atoms with Crippen LogP contribution in [0.5, 0.6) is 0 Å². The first kappa shape index (κ1) is 10.9. The van der Waals surface area contributed by atoms with Gasteiger partial charge in [0.2, 0.25) is 0 Å². The van der Waals surface area contributed by atoms with Gasteiger partial charge in [0, 0.05) is 19.3 Å². The molecule has 16 heavy (non-hydrogen) atoms. The van der Waals surface area contributed by atoms with Crippen molar-refractivity contribution in [3.05, 3.63) is 0 Å². The Morgan fingerprint density at radius 1 is 0.688 bits per heavy atom. The fraction of sp³-hybridized carbons (Fsp3) is 1.00. The summed E-state index contributed by atoms with van der Waals surface area (Å²) in [7, 11) is 0. The predicted molar refractivity (Wildman–Crippen MR) is 56.5 cm³/mol. The fourth-order valence-corrected chi connectivity index (χ4v) is 4.96. The van der Waals surface area contributed by atoms with Gasteiger partial charge in [-0.3, -0.25) is 0 Å². The van der Waals surface area contributed by atoms with Gasteiger partial charge in [-0.25, -0.2) is 13.2 Å². The molecule has 0 amide bonds. The van der Waals surface area contributed by atoms with E-state index in [4.69, 9.17) is 0 Å². The first-order valence-electron chi connectivity index (χ1n) is 6.25. The lowest BCUT2D eigenvalue weighted by Crippen LogP contribution is -2.66. The van der Waals surface area contributed by atoms with Crippen LogP contribution >= 0.6 is 0 Å². The molecule has 0 aromatic rings. The van der Waals surface area contributed by atoms with Crippen LogP contribution in [0.15, 0.2) is 0 Å². The topological polar surface area (TPSA) is 0 Å². The Morgan fingerprint density at radius 2 is 1.00 bits per heavy atom. The van der Waals surface area contributed by atoms with Gasteiger partial charge in [-0.15, -0.1) is 0 Å². The van der Waals surface area contributed by atoms with Crippen molar-refractivity contribution in [3.63, 3.8) is 0 Å². The molecule has 92 valence electrons. The van der Waals surface area contributed by atoms with Crippen molar-refractivity contribution in [2.75, 3.05) is 0 Å². The standard InChI is InChI=1S/C13H19F3/c1-9(2)10-3-11(14)6-12(15,4-10)8-13(16,5-10)7-11/h9H,3-8H2,1-2H3. The summed E-state index contributed by atoms with van der Waals surface area (Å²) in [6.07, 6.45) is 0.902. The quantitative estimate of drug-likeness (QED) is 0.637. The zero-order valence-corrected chi connectivity index (χ0v) is 9.95. The van der Waals surface area contributed by atoms with Gasteiger partial charge in [0.1, 0.15) is 17.0 Å². The van der Waals surface area contributed by atoms with Crippen LogP contribution in [0.1, 0.15) is 52.4 Å². The molecule has 4 aliphatic carbocycles. The normalized spacial score (nSPS) is 59.6. The first-order valence-corrected chi connectivity index (χ1v) is 6.25. The Morgan fingerprint density at radius 3 is 1.25 bits per heavy atom. The highest BCUT2D eigenvalue weighted by atomic mass is 19.2. The highest BCUT2D eigenvalue weighted by Crippen LogP contribution is 2.69. The summed E-state index contributed by atoms with van der Waals surface area (Å²) in [6.45, 7) is 3.95.